The highest BCUT2D eigenvalue weighted by Crippen LogP contribution is 2.40. The Morgan fingerprint density at radius 1 is 1.25 bits per heavy atom. The number of rotatable bonds is 5. The predicted octanol–water partition coefficient (Wildman–Crippen LogP) is 1.67. The molecule has 0 spiro atoms. The van der Waals surface area contributed by atoms with Crippen LogP contribution in [0.2, 0.25) is 0 Å². The van der Waals surface area contributed by atoms with Gasteiger partial charge < -0.3 is 15.8 Å². The Hall–Kier alpha value is -1.40. The number of nitrogens with two attached hydrogens (primary N) is 1. The lowest BCUT2D eigenvalue weighted by atomic mass is 9.98. The van der Waals surface area contributed by atoms with E-state index in [4.69, 9.17) is 5.84 Å². The zero-order chi connectivity index (χ0) is 14.2. The van der Waals surface area contributed by atoms with E-state index in [-0.39, 0.29) is 12.1 Å². The molecule has 6 nitrogen and oxygen atoms in total. The largest absolute Gasteiger partial charge is 0.394 e. The number of nitrogens with zero attached hydrogens (tertiary/aromatic N) is 2. The first-order chi connectivity index (χ1) is 9.67. The Morgan fingerprint density at radius 3 is 2.45 bits per heavy atom. The van der Waals surface area contributed by atoms with Crippen LogP contribution in [0.1, 0.15) is 55.8 Å². The molecule has 6 heteroatoms. The third kappa shape index (κ3) is 2.45. The fraction of sp³-hybridized carbons (Fsp3) is 0.714. The van der Waals surface area contributed by atoms with Crippen molar-refractivity contribution in [2.24, 2.45) is 5.84 Å². The van der Waals surface area contributed by atoms with E-state index >= 15 is 0 Å². The maximum absolute atomic E-state index is 9.74. The van der Waals surface area contributed by atoms with Gasteiger partial charge in [-0.25, -0.2) is 15.8 Å². The molecular weight excluding hydrogens is 254 g/mol. The van der Waals surface area contributed by atoms with Gasteiger partial charge in [-0.1, -0.05) is 12.8 Å². The summed E-state index contributed by atoms with van der Waals surface area (Å²) < 4.78 is 0. The lowest BCUT2D eigenvalue weighted by molar-refractivity contribution is 0.213. The Bertz CT molecular complexity index is 495. The summed E-state index contributed by atoms with van der Waals surface area (Å²) in [5.74, 6) is 8.38. The monoisotopic (exact) mass is 277 g/mol. The Kier molecular flexibility index (Phi) is 3.52. The SMILES string of the molecule is Cc1c(NN)nc(C2CC2)nc1NC1(CO)CCCC1. The Labute approximate surface area is 119 Å². The maximum atomic E-state index is 9.74. The van der Waals surface area contributed by atoms with Crippen molar-refractivity contribution in [3.8, 4) is 0 Å². The highest BCUT2D eigenvalue weighted by Gasteiger charge is 2.35. The molecule has 0 aromatic carbocycles. The van der Waals surface area contributed by atoms with Gasteiger partial charge in [-0.3, -0.25) is 0 Å². The van der Waals surface area contributed by atoms with Crippen LogP contribution < -0.4 is 16.6 Å². The van der Waals surface area contributed by atoms with Crippen LogP contribution in [-0.2, 0) is 0 Å². The minimum Gasteiger partial charge on any atom is -0.394 e. The van der Waals surface area contributed by atoms with Crippen LogP contribution in [0.4, 0.5) is 11.6 Å². The molecule has 2 saturated carbocycles. The molecule has 1 heterocycles. The number of anilines is 2. The molecule has 110 valence electrons. The number of nitrogen functional groups attached to an aromatic ring is 1. The van der Waals surface area contributed by atoms with Crippen molar-refractivity contribution in [3.05, 3.63) is 11.4 Å². The number of aromatic nitrogens is 2. The van der Waals surface area contributed by atoms with E-state index < -0.39 is 0 Å². The third-order valence-corrected chi connectivity index (χ3v) is 4.49. The third-order valence-electron chi connectivity index (χ3n) is 4.49. The quantitative estimate of drug-likeness (QED) is 0.483. The van der Waals surface area contributed by atoms with Gasteiger partial charge in [-0.15, -0.1) is 0 Å². The average molecular weight is 277 g/mol. The van der Waals surface area contributed by atoms with Gasteiger partial charge in [0.05, 0.1) is 12.1 Å². The van der Waals surface area contributed by atoms with Crippen LogP contribution in [0.3, 0.4) is 0 Å². The fourth-order valence-electron chi connectivity index (χ4n) is 2.95. The fourth-order valence-corrected chi connectivity index (χ4v) is 2.95. The number of nitrogens with one attached hydrogen (secondary N) is 2. The van der Waals surface area contributed by atoms with Crippen molar-refractivity contribution in [3.63, 3.8) is 0 Å². The minimum atomic E-state index is -0.230. The molecule has 0 radical (unpaired) electrons. The number of hydrazine groups is 1. The van der Waals surface area contributed by atoms with E-state index in [0.717, 1.165) is 55.7 Å². The predicted molar refractivity (Wildman–Crippen MR) is 78.5 cm³/mol. The molecule has 0 aliphatic heterocycles. The maximum Gasteiger partial charge on any atom is 0.148 e. The zero-order valence-electron chi connectivity index (χ0n) is 11.9. The molecule has 2 fully saturated rings. The van der Waals surface area contributed by atoms with E-state index in [1.54, 1.807) is 0 Å². The highest BCUT2D eigenvalue weighted by atomic mass is 16.3. The first kappa shape index (κ1) is 13.6. The lowest BCUT2D eigenvalue weighted by Gasteiger charge is -2.29. The number of aliphatic hydroxyl groups excluding tert-OH is 1. The summed E-state index contributed by atoms with van der Waals surface area (Å²) in [6, 6.07) is 0. The Balaban J connectivity index is 1.92. The van der Waals surface area contributed by atoms with Crippen LogP contribution in [0.15, 0.2) is 0 Å². The summed E-state index contributed by atoms with van der Waals surface area (Å²) >= 11 is 0. The molecule has 5 N–H and O–H groups in total. The summed E-state index contributed by atoms with van der Waals surface area (Å²) in [6.07, 6.45) is 6.56. The normalized spacial score (nSPS) is 20.9. The summed E-state index contributed by atoms with van der Waals surface area (Å²) in [7, 11) is 0. The molecule has 0 atom stereocenters. The zero-order valence-corrected chi connectivity index (χ0v) is 11.9. The topological polar surface area (TPSA) is 96.1 Å². The van der Waals surface area contributed by atoms with E-state index in [0.29, 0.717) is 11.7 Å². The second kappa shape index (κ2) is 5.18. The summed E-state index contributed by atoms with van der Waals surface area (Å²) in [6.45, 7) is 2.09. The van der Waals surface area contributed by atoms with Crippen molar-refractivity contribution < 1.29 is 5.11 Å². The van der Waals surface area contributed by atoms with Gasteiger partial charge in [0.25, 0.3) is 0 Å². The molecule has 20 heavy (non-hydrogen) atoms. The molecule has 2 aliphatic carbocycles. The smallest absolute Gasteiger partial charge is 0.148 e. The molecule has 0 unspecified atom stereocenters. The first-order valence-corrected chi connectivity index (χ1v) is 7.42. The lowest BCUT2D eigenvalue weighted by Crippen LogP contribution is -2.39. The van der Waals surface area contributed by atoms with Gasteiger partial charge >= 0.3 is 0 Å². The molecule has 2 aliphatic rings. The van der Waals surface area contributed by atoms with Crippen molar-refractivity contribution in [1.29, 1.82) is 0 Å². The van der Waals surface area contributed by atoms with Gasteiger partial charge in [0, 0.05) is 11.5 Å². The summed E-state index contributed by atoms with van der Waals surface area (Å²) in [4.78, 5) is 9.16. The standard InChI is InChI=1S/C14H23N5O/c1-9-11(18-14(8-20)6-2-3-7-14)16-13(10-4-5-10)17-12(9)19-15/h10,20H,2-8,15H2,1H3,(H2,16,17,18,19). The molecule has 3 rings (SSSR count). The summed E-state index contributed by atoms with van der Waals surface area (Å²) in [5.41, 5.74) is 3.34. The van der Waals surface area contributed by atoms with Crippen LogP contribution in [0.25, 0.3) is 0 Å². The molecule has 0 bridgehead atoms. The second-order valence-corrected chi connectivity index (χ2v) is 6.09. The number of aliphatic hydroxyl groups is 1. The van der Waals surface area contributed by atoms with Crippen molar-refractivity contribution in [2.75, 3.05) is 17.3 Å². The van der Waals surface area contributed by atoms with Crippen LogP contribution in [0, 0.1) is 6.92 Å². The van der Waals surface area contributed by atoms with E-state index in [9.17, 15) is 5.11 Å². The number of hydrogen-bond donors (Lipinski definition) is 4. The van der Waals surface area contributed by atoms with Gasteiger partial charge in [-0.05, 0) is 32.6 Å². The molecule has 1 aromatic rings. The van der Waals surface area contributed by atoms with Crippen molar-refractivity contribution >= 4 is 11.6 Å². The van der Waals surface area contributed by atoms with Gasteiger partial charge in [0.1, 0.15) is 17.5 Å². The van der Waals surface area contributed by atoms with Crippen molar-refractivity contribution in [1.82, 2.24) is 9.97 Å². The van der Waals surface area contributed by atoms with Crippen molar-refractivity contribution in [2.45, 2.75) is 56.9 Å². The van der Waals surface area contributed by atoms with Gasteiger partial charge in [0.15, 0.2) is 0 Å². The minimum absolute atomic E-state index is 0.139. The van der Waals surface area contributed by atoms with Crippen LogP contribution in [-0.4, -0.2) is 27.2 Å². The molecule has 0 saturated heterocycles. The Morgan fingerprint density at radius 2 is 1.90 bits per heavy atom. The van der Waals surface area contributed by atoms with E-state index in [2.05, 4.69) is 20.7 Å². The van der Waals surface area contributed by atoms with Gasteiger partial charge in [-0.2, -0.15) is 0 Å². The second-order valence-electron chi connectivity index (χ2n) is 6.09. The molecule has 1 aromatic heterocycles. The molecule has 0 amide bonds. The summed E-state index contributed by atoms with van der Waals surface area (Å²) in [5, 5.41) is 13.2. The highest BCUT2D eigenvalue weighted by molar-refractivity contribution is 5.58. The first-order valence-electron chi connectivity index (χ1n) is 7.42. The van der Waals surface area contributed by atoms with Crippen LogP contribution >= 0.6 is 0 Å². The number of hydrogen-bond acceptors (Lipinski definition) is 6. The molecular formula is C14H23N5O. The average Bonchev–Trinajstić information content (AvgIpc) is 3.21. The van der Waals surface area contributed by atoms with Gasteiger partial charge in [0.2, 0.25) is 0 Å². The van der Waals surface area contributed by atoms with Crippen LogP contribution in [0.5, 0.6) is 0 Å². The van der Waals surface area contributed by atoms with E-state index in [1.807, 2.05) is 6.92 Å². The van der Waals surface area contributed by atoms with E-state index in [1.165, 1.54) is 0 Å².